The number of carbonyl (C=O) groups excluding carboxylic acids is 2. The first-order valence-electron chi connectivity index (χ1n) is 9.88. The summed E-state index contributed by atoms with van der Waals surface area (Å²) in [4.78, 5) is 21.9. The van der Waals surface area contributed by atoms with E-state index in [0.717, 1.165) is 38.5 Å². The Labute approximate surface area is 171 Å². The zero-order chi connectivity index (χ0) is 21.6. The zero-order valence-electron chi connectivity index (χ0n) is 17.8. The largest absolute Gasteiger partial charge is 0.462 e. The van der Waals surface area contributed by atoms with E-state index in [0.29, 0.717) is 24.4 Å². The summed E-state index contributed by atoms with van der Waals surface area (Å²) in [5.41, 5.74) is 0.904. The van der Waals surface area contributed by atoms with E-state index in [9.17, 15) is 9.59 Å². The molecular weight excluding hydrogens is 352 g/mol. The number of esters is 2. The second-order valence-corrected chi connectivity index (χ2v) is 6.48. The summed E-state index contributed by atoms with van der Waals surface area (Å²) in [6, 6.07) is 0. The van der Waals surface area contributed by atoms with Crippen molar-refractivity contribution in [3.05, 3.63) is 61.8 Å². The average Bonchev–Trinajstić information content (AvgIpc) is 2.66. The molecule has 0 aliphatic heterocycles. The standard InChI is InChI=1S/C12H20O2.C12H18O2/c2*1-4-5-6-7-8-9-10-14-12(13)11(2)3/h4H,1-2,5-10H2,3H3;4,8-9H,1-2,5-7,10H2,3H3. The fourth-order valence-corrected chi connectivity index (χ4v) is 1.85. The first-order chi connectivity index (χ1) is 13.4. The van der Waals surface area contributed by atoms with E-state index in [-0.39, 0.29) is 11.9 Å². The van der Waals surface area contributed by atoms with Crippen LogP contribution >= 0.6 is 0 Å². The van der Waals surface area contributed by atoms with Gasteiger partial charge in [0, 0.05) is 11.1 Å². The molecule has 0 heterocycles. The molecule has 0 aliphatic rings. The van der Waals surface area contributed by atoms with Crippen molar-refractivity contribution >= 4 is 11.9 Å². The second-order valence-electron chi connectivity index (χ2n) is 6.48. The lowest BCUT2D eigenvalue weighted by Gasteiger charge is -2.03. The Morgan fingerprint density at radius 2 is 1.25 bits per heavy atom. The van der Waals surface area contributed by atoms with Gasteiger partial charge in [-0.1, -0.05) is 50.3 Å². The fourth-order valence-electron chi connectivity index (χ4n) is 1.85. The molecule has 0 amide bonds. The lowest BCUT2D eigenvalue weighted by molar-refractivity contribution is -0.139. The van der Waals surface area contributed by atoms with Gasteiger partial charge in [0.25, 0.3) is 0 Å². The van der Waals surface area contributed by atoms with Gasteiger partial charge in [0.15, 0.2) is 0 Å². The van der Waals surface area contributed by atoms with Gasteiger partial charge < -0.3 is 9.47 Å². The van der Waals surface area contributed by atoms with Crippen molar-refractivity contribution in [3.8, 4) is 0 Å². The normalized spacial score (nSPS) is 9.79. The molecule has 0 saturated heterocycles. The molecule has 4 heteroatoms. The van der Waals surface area contributed by atoms with E-state index >= 15 is 0 Å². The summed E-state index contributed by atoms with van der Waals surface area (Å²) >= 11 is 0. The molecule has 158 valence electrons. The van der Waals surface area contributed by atoms with Gasteiger partial charge in [-0.05, 0) is 52.4 Å². The summed E-state index contributed by atoms with van der Waals surface area (Å²) < 4.78 is 9.82. The molecule has 0 rings (SSSR count). The van der Waals surface area contributed by atoms with Crippen LogP contribution in [0.5, 0.6) is 0 Å². The van der Waals surface area contributed by atoms with Crippen LogP contribution in [0.15, 0.2) is 61.8 Å². The molecule has 0 aromatic heterocycles. The Morgan fingerprint density at radius 3 is 1.82 bits per heavy atom. The Morgan fingerprint density at radius 1 is 0.714 bits per heavy atom. The van der Waals surface area contributed by atoms with Gasteiger partial charge in [-0.25, -0.2) is 9.59 Å². The summed E-state index contributed by atoms with van der Waals surface area (Å²) in [7, 11) is 0. The molecule has 0 atom stereocenters. The molecule has 0 aromatic carbocycles. The highest BCUT2D eigenvalue weighted by Crippen LogP contribution is 2.04. The van der Waals surface area contributed by atoms with Crippen molar-refractivity contribution in [1.29, 1.82) is 0 Å². The molecule has 0 radical (unpaired) electrons. The minimum Gasteiger partial charge on any atom is -0.462 e. The quantitative estimate of drug-likeness (QED) is 0.143. The molecule has 0 aliphatic carbocycles. The number of ether oxygens (including phenoxy) is 2. The Bertz CT molecular complexity index is 515. The molecule has 28 heavy (non-hydrogen) atoms. The Hall–Kier alpha value is -2.36. The van der Waals surface area contributed by atoms with Gasteiger partial charge in [-0.2, -0.15) is 0 Å². The van der Waals surface area contributed by atoms with Crippen LogP contribution in [-0.4, -0.2) is 25.2 Å². The number of allylic oxidation sites excluding steroid dienone is 3. The third kappa shape index (κ3) is 21.7. The molecule has 0 saturated carbocycles. The summed E-state index contributed by atoms with van der Waals surface area (Å²) in [5.74, 6) is -0.614. The molecule has 0 N–H and O–H groups in total. The predicted molar refractivity (Wildman–Crippen MR) is 118 cm³/mol. The third-order valence-electron chi connectivity index (χ3n) is 3.49. The highest BCUT2D eigenvalue weighted by molar-refractivity contribution is 5.87. The maximum Gasteiger partial charge on any atom is 0.333 e. The number of hydrogen-bond donors (Lipinski definition) is 0. The molecular formula is C24H38O4. The molecule has 0 bridgehead atoms. The zero-order valence-corrected chi connectivity index (χ0v) is 17.8. The van der Waals surface area contributed by atoms with E-state index in [1.165, 1.54) is 12.8 Å². The SMILES string of the molecule is C=CCCCC=CCOC(=O)C(=C)C.C=CCCCCCCOC(=O)C(=C)C. The lowest BCUT2D eigenvalue weighted by Crippen LogP contribution is -2.05. The van der Waals surface area contributed by atoms with Crippen molar-refractivity contribution in [2.75, 3.05) is 13.2 Å². The predicted octanol–water partition coefficient (Wildman–Crippen LogP) is 6.26. The fraction of sp³-hybridized carbons (Fsp3) is 0.500. The van der Waals surface area contributed by atoms with Gasteiger partial charge >= 0.3 is 11.9 Å². The van der Waals surface area contributed by atoms with Gasteiger partial charge in [-0.15, -0.1) is 13.2 Å². The summed E-state index contributed by atoms with van der Waals surface area (Å²) in [6.07, 6.45) is 16.3. The van der Waals surface area contributed by atoms with E-state index in [1.54, 1.807) is 13.8 Å². The number of unbranched alkanes of at least 4 members (excludes halogenated alkanes) is 6. The maximum atomic E-state index is 10.9. The van der Waals surface area contributed by atoms with Crippen LogP contribution in [0.1, 0.15) is 65.2 Å². The van der Waals surface area contributed by atoms with Crippen LogP contribution in [-0.2, 0) is 19.1 Å². The van der Waals surface area contributed by atoms with Gasteiger partial charge in [0.05, 0.1) is 6.61 Å². The topological polar surface area (TPSA) is 52.6 Å². The average molecular weight is 391 g/mol. The molecule has 4 nitrogen and oxygen atoms in total. The highest BCUT2D eigenvalue weighted by atomic mass is 16.5. The van der Waals surface area contributed by atoms with Crippen LogP contribution in [0.4, 0.5) is 0 Å². The molecule has 0 spiro atoms. The monoisotopic (exact) mass is 390 g/mol. The van der Waals surface area contributed by atoms with Gasteiger partial charge in [0.1, 0.15) is 6.61 Å². The van der Waals surface area contributed by atoms with E-state index in [4.69, 9.17) is 9.47 Å². The molecule has 0 fully saturated rings. The summed E-state index contributed by atoms with van der Waals surface area (Å²) in [6.45, 7) is 18.4. The van der Waals surface area contributed by atoms with E-state index in [1.807, 2.05) is 24.3 Å². The minimum atomic E-state index is -0.333. The van der Waals surface area contributed by atoms with E-state index < -0.39 is 0 Å². The smallest absolute Gasteiger partial charge is 0.333 e. The van der Waals surface area contributed by atoms with Crippen molar-refractivity contribution < 1.29 is 19.1 Å². The summed E-state index contributed by atoms with van der Waals surface area (Å²) in [5, 5.41) is 0. The van der Waals surface area contributed by atoms with Gasteiger partial charge in [0.2, 0.25) is 0 Å². The maximum absolute atomic E-state index is 10.9. The lowest BCUT2D eigenvalue weighted by atomic mass is 10.1. The van der Waals surface area contributed by atoms with Crippen LogP contribution < -0.4 is 0 Å². The first kappa shape index (κ1) is 27.9. The van der Waals surface area contributed by atoms with E-state index in [2.05, 4.69) is 26.3 Å². The third-order valence-corrected chi connectivity index (χ3v) is 3.49. The van der Waals surface area contributed by atoms with Crippen LogP contribution in [0.3, 0.4) is 0 Å². The van der Waals surface area contributed by atoms with Crippen molar-refractivity contribution in [2.45, 2.75) is 65.2 Å². The first-order valence-corrected chi connectivity index (χ1v) is 9.88. The number of rotatable bonds is 15. The number of hydrogen-bond acceptors (Lipinski definition) is 4. The number of carbonyl (C=O) groups is 2. The second kappa shape index (κ2) is 20.9. The van der Waals surface area contributed by atoms with Crippen LogP contribution in [0, 0.1) is 0 Å². The van der Waals surface area contributed by atoms with Crippen molar-refractivity contribution in [3.63, 3.8) is 0 Å². The van der Waals surface area contributed by atoms with Gasteiger partial charge in [-0.3, -0.25) is 0 Å². The highest BCUT2D eigenvalue weighted by Gasteiger charge is 2.01. The minimum absolute atomic E-state index is 0.281. The van der Waals surface area contributed by atoms with Crippen LogP contribution in [0.25, 0.3) is 0 Å². The van der Waals surface area contributed by atoms with Crippen molar-refractivity contribution in [2.24, 2.45) is 0 Å². The molecule has 0 unspecified atom stereocenters. The molecule has 0 aromatic rings. The Kier molecular flexibility index (Phi) is 20.8. The van der Waals surface area contributed by atoms with Crippen molar-refractivity contribution in [1.82, 2.24) is 0 Å². The Balaban J connectivity index is 0. The van der Waals surface area contributed by atoms with Crippen LogP contribution in [0.2, 0.25) is 0 Å².